The maximum absolute atomic E-state index is 11.6. The molecule has 7 nitrogen and oxygen atoms in total. The molecule has 0 rings (SSSR count). The molecule has 0 spiro atoms. The molecule has 3 N–H and O–H groups in total. The fourth-order valence-electron chi connectivity index (χ4n) is 2.13. The van der Waals surface area contributed by atoms with Crippen LogP contribution < -0.4 is 0 Å². The number of phosphoric acid groups is 1. The zero-order valence-electron chi connectivity index (χ0n) is 14.0. The van der Waals surface area contributed by atoms with E-state index >= 15 is 0 Å². The van der Waals surface area contributed by atoms with Crippen LogP contribution in [-0.2, 0) is 18.6 Å². The maximum Gasteiger partial charge on any atom is 0.469 e. The van der Waals surface area contributed by atoms with E-state index in [2.05, 4.69) is 11.4 Å². The molecule has 138 valence electrons. The van der Waals surface area contributed by atoms with Crippen LogP contribution >= 0.6 is 7.82 Å². The van der Waals surface area contributed by atoms with Crippen molar-refractivity contribution in [2.75, 3.05) is 13.2 Å². The Kier molecular flexibility index (Phi) is 13.7. The molecule has 0 aliphatic rings. The second-order valence-corrected chi connectivity index (χ2v) is 6.90. The van der Waals surface area contributed by atoms with Crippen LogP contribution in [0.4, 0.5) is 0 Å². The van der Waals surface area contributed by atoms with E-state index in [1.165, 1.54) is 38.5 Å². The van der Waals surface area contributed by atoms with Gasteiger partial charge in [-0.2, -0.15) is 0 Å². The van der Waals surface area contributed by atoms with Gasteiger partial charge in [-0.05, 0) is 6.42 Å². The van der Waals surface area contributed by atoms with Crippen molar-refractivity contribution in [1.29, 1.82) is 0 Å². The minimum absolute atomic E-state index is 0.238. The number of phosphoric ester groups is 1. The van der Waals surface area contributed by atoms with Crippen molar-refractivity contribution in [3.63, 3.8) is 0 Å². The summed E-state index contributed by atoms with van der Waals surface area (Å²) in [6.07, 6.45) is 9.46. The number of aliphatic hydroxyl groups excluding tert-OH is 1. The van der Waals surface area contributed by atoms with Gasteiger partial charge in [0.25, 0.3) is 0 Å². The molecule has 0 bridgehead atoms. The Labute approximate surface area is 138 Å². The predicted octanol–water partition coefficient (Wildman–Crippen LogP) is 2.92. The van der Waals surface area contributed by atoms with E-state index in [-0.39, 0.29) is 6.42 Å². The van der Waals surface area contributed by atoms with E-state index in [0.29, 0.717) is 6.42 Å². The van der Waals surface area contributed by atoms with E-state index in [1.807, 2.05) is 0 Å². The van der Waals surface area contributed by atoms with E-state index in [9.17, 15) is 9.36 Å². The zero-order valence-corrected chi connectivity index (χ0v) is 14.9. The molecule has 0 aromatic heterocycles. The van der Waals surface area contributed by atoms with E-state index in [4.69, 9.17) is 19.6 Å². The average Bonchev–Trinajstić information content (AvgIpc) is 2.49. The van der Waals surface area contributed by atoms with Crippen LogP contribution in [0.5, 0.6) is 0 Å². The third kappa shape index (κ3) is 16.2. The molecule has 0 heterocycles. The monoisotopic (exact) mass is 354 g/mol. The number of ether oxygens (including phenoxy) is 1. The third-order valence-electron chi connectivity index (χ3n) is 3.41. The van der Waals surface area contributed by atoms with Gasteiger partial charge in [0.15, 0.2) is 0 Å². The van der Waals surface area contributed by atoms with E-state index in [0.717, 1.165) is 12.8 Å². The molecule has 0 radical (unpaired) electrons. The van der Waals surface area contributed by atoms with Gasteiger partial charge in [0.1, 0.15) is 6.10 Å². The lowest BCUT2D eigenvalue weighted by Crippen LogP contribution is -2.26. The van der Waals surface area contributed by atoms with Crippen molar-refractivity contribution < 1.29 is 33.5 Å². The van der Waals surface area contributed by atoms with Crippen LogP contribution in [-0.4, -0.2) is 40.2 Å². The lowest BCUT2D eigenvalue weighted by atomic mass is 10.1. The molecule has 0 saturated heterocycles. The standard InChI is InChI=1S/C15H31O7P/c1-2-3-4-5-6-7-8-9-10-11-15(17)22-14(12-16)13-21-23(18,19)20/h14,16H,2-13H2,1H3,(H2,18,19,20). The van der Waals surface area contributed by atoms with Crippen molar-refractivity contribution in [2.24, 2.45) is 0 Å². The Morgan fingerprint density at radius 2 is 1.52 bits per heavy atom. The number of rotatable bonds is 15. The summed E-state index contributed by atoms with van der Waals surface area (Å²) in [6.45, 7) is 1.13. The summed E-state index contributed by atoms with van der Waals surface area (Å²) in [4.78, 5) is 28.7. The highest BCUT2D eigenvalue weighted by molar-refractivity contribution is 7.46. The Balaban J connectivity index is 3.59. The average molecular weight is 354 g/mol. The van der Waals surface area contributed by atoms with Crippen LogP contribution in [0.1, 0.15) is 71.1 Å². The number of hydrogen-bond acceptors (Lipinski definition) is 5. The van der Waals surface area contributed by atoms with E-state index in [1.54, 1.807) is 0 Å². The molecule has 0 aliphatic heterocycles. The van der Waals surface area contributed by atoms with Crippen molar-refractivity contribution in [1.82, 2.24) is 0 Å². The highest BCUT2D eigenvalue weighted by Crippen LogP contribution is 2.35. The van der Waals surface area contributed by atoms with Gasteiger partial charge in [0.2, 0.25) is 0 Å². The second kappa shape index (κ2) is 13.9. The summed E-state index contributed by atoms with van der Waals surface area (Å²) in [5, 5.41) is 8.99. The number of aliphatic hydroxyl groups is 1. The molecule has 0 fully saturated rings. The first-order valence-electron chi connectivity index (χ1n) is 8.39. The molecule has 0 aromatic carbocycles. The first-order chi connectivity index (χ1) is 10.9. The number of carbonyl (C=O) groups excluding carboxylic acids is 1. The molecule has 8 heteroatoms. The predicted molar refractivity (Wildman–Crippen MR) is 86.8 cm³/mol. The zero-order chi connectivity index (χ0) is 17.6. The van der Waals surface area contributed by atoms with Crippen molar-refractivity contribution in [3.8, 4) is 0 Å². The highest BCUT2D eigenvalue weighted by atomic mass is 31.2. The van der Waals surface area contributed by atoms with Crippen molar-refractivity contribution in [3.05, 3.63) is 0 Å². The topological polar surface area (TPSA) is 113 Å². The van der Waals surface area contributed by atoms with Crippen LogP contribution in [0.2, 0.25) is 0 Å². The summed E-state index contributed by atoms with van der Waals surface area (Å²) >= 11 is 0. The Hall–Kier alpha value is -0.460. The maximum atomic E-state index is 11.6. The third-order valence-corrected chi connectivity index (χ3v) is 3.90. The second-order valence-electron chi connectivity index (χ2n) is 5.66. The van der Waals surface area contributed by atoms with Gasteiger partial charge < -0.3 is 19.6 Å². The quantitative estimate of drug-likeness (QED) is 0.235. The largest absolute Gasteiger partial charge is 0.469 e. The molecule has 1 atom stereocenters. The SMILES string of the molecule is CCCCCCCCCCCC(=O)OC(CO)COP(=O)(O)O. The molecule has 0 amide bonds. The lowest BCUT2D eigenvalue weighted by Gasteiger charge is -2.15. The Morgan fingerprint density at radius 3 is 2.00 bits per heavy atom. The molecular formula is C15H31O7P. The molecule has 0 aliphatic carbocycles. The summed E-state index contributed by atoms with van der Waals surface area (Å²) in [6, 6.07) is 0. The molecule has 0 saturated carbocycles. The van der Waals surface area contributed by atoms with Gasteiger partial charge in [-0.15, -0.1) is 0 Å². The molecular weight excluding hydrogens is 323 g/mol. The number of unbranched alkanes of at least 4 members (excludes halogenated alkanes) is 8. The van der Waals surface area contributed by atoms with Gasteiger partial charge >= 0.3 is 13.8 Å². The fraction of sp³-hybridized carbons (Fsp3) is 0.933. The number of carbonyl (C=O) groups is 1. The van der Waals surface area contributed by atoms with Crippen LogP contribution in [0.15, 0.2) is 0 Å². The Morgan fingerprint density at radius 1 is 1.00 bits per heavy atom. The minimum Gasteiger partial charge on any atom is -0.457 e. The van der Waals surface area contributed by atoms with Crippen molar-refractivity contribution in [2.45, 2.75) is 77.2 Å². The van der Waals surface area contributed by atoms with Gasteiger partial charge in [-0.3, -0.25) is 9.32 Å². The lowest BCUT2D eigenvalue weighted by molar-refractivity contribution is -0.153. The fourth-order valence-corrected chi connectivity index (χ4v) is 2.49. The summed E-state index contributed by atoms with van der Waals surface area (Å²) in [7, 11) is -4.62. The first kappa shape index (κ1) is 22.5. The normalized spacial score (nSPS) is 13.0. The van der Waals surface area contributed by atoms with Crippen LogP contribution in [0.25, 0.3) is 0 Å². The minimum atomic E-state index is -4.62. The summed E-state index contributed by atoms with van der Waals surface area (Å²) in [5.41, 5.74) is 0. The van der Waals surface area contributed by atoms with Gasteiger partial charge in [-0.25, -0.2) is 4.57 Å². The van der Waals surface area contributed by atoms with Gasteiger partial charge in [-0.1, -0.05) is 58.3 Å². The van der Waals surface area contributed by atoms with Crippen molar-refractivity contribution >= 4 is 13.8 Å². The molecule has 0 aromatic rings. The highest BCUT2D eigenvalue weighted by Gasteiger charge is 2.20. The number of esters is 1. The number of hydrogen-bond donors (Lipinski definition) is 3. The summed E-state index contributed by atoms with van der Waals surface area (Å²) < 4.78 is 19.7. The van der Waals surface area contributed by atoms with Gasteiger partial charge in [0.05, 0.1) is 13.2 Å². The molecule has 1 unspecified atom stereocenters. The smallest absolute Gasteiger partial charge is 0.457 e. The molecule has 23 heavy (non-hydrogen) atoms. The van der Waals surface area contributed by atoms with E-state index < -0.39 is 33.1 Å². The van der Waals surface area contributed by atoms with Gasteiger partial charge in [0, 0.05) is 6.42 Å². The Bertz CT molecular complexity index is 343. The van der Waals surface area contributed by atoms with Crippen LogP contribution in [0, 0.1) is 0 Å². The first-order valence-corrected chi connectivity index (χ1v) is 9.92. The summed E-state index contributed by atoms with van der Waals surface area (Å²) in [5.74, 6) is -0.485. The van der Waals surface area contributed by atoms with Crippen LogP contribution in [0.3, 0.4) is 0 Å².